The van der Waals surface area contributed by atoms with Crippen molar-refractivity contribution in [2.24, 2.45) is 0 Å². The van der Waals surface area contributed by atoms with Gasteiger partial charge in [0, 0.05) is 0 Å². The number of rotatable bonds is 3. The van der Waals surface area contributed by atoms with Gasteiger partial charge in [0.15, 0.2) is 0 Å². The SMILES string of the molecule is C=CCOC(=O)C=O.O=S(=O)(O)O. The zero-order valence-electron chi connectivity index (χ0n) is 6.41. The summed E-state index contributed by atoms with van der Waals surface area (Å²) in [7, 11) is -4.67. The van der Waals surface area contributed by atoms with E-state index in [1.54, 1.807) is 0 Å². The van der Waals surface area contributed by atoms with Crippen molar-refractivity contribution < 1.29 is 31.8 Å². The summed E-state index contributed by atoms with van der Waals surface area (Å²) in [5.74, 6) is -0.857. The molecule has 0 radical (unpaired) electrons. The molecule has 0 aromatic rings. The molecular formula is C5H8O7S. The van der Waals surface area contributed by atoms with Crippen LogP contribution in [0.15, 0.2) is 12.7 Å². The molecule has 0 spiro atoms. The third kappa shape index (κ3) is 36.5. The van der Waals surface area contributed by atoms with Crippen molar-refractivity contribution >= 4 is 22.7 Å². The lowest BCUT2D eigenvalue weighted by atomic mass is 10.7. The van der Waals surface area contributed by atoms with Crippen LogP contribution in [0.5, 0.6) is 0 Å². The molecule has 0 atom stereocenters. The Kier molecular flexibility index (Phi) is 8.13. The number of carbonyl (C=O) groups is 2. The summed E-state index contributed by atoms with van der Waals surface area (Å²) in [6.07, 6.45) is 1.50. The largest absolute Gasteiger partial charge is 0.456 e. The first-order chi connectivity index (χ1) is 5.81. The first kappa shape index (κ1) is 14.3. The molecule has 13 heavy (non-hydrogen) atoms. The monoisotopic (exact) mass is 212 g/mol. The van der Waals surface area contributed by atoms with E-state index in [4.69, 9.17) is 17.5 Å². The van der Waals surface area contributed by atoms with Gasteiger partial charge in [-0.3, -0.25) is 13.9 Å². The molecule has 0 rings (SSSR count). The van der Waals surface area contributed by atoms with E-state index in [9.17, 15) is 9.59 Å². The number of aldehydes is 1. The van der Waals surface area contributed by atoms with Gasteiger partial charge in [-0.2, -0.15) is 8.42 Å². The maximum atomic E-state index is 9.93. The molecule has 0 bridgehead atoms. The fourth-order valence-corrected chi connectivity index (χ4v) is 0.175. The Bertz CT molecular complexity index is 257. The van der Waals surface area contributed by atoms with Crippen molar-refractivity contribution in [1.29, 1.82) is 0 Å². The van der Waals surface area contributed by atoms with E-state index in [-0.39, 0.29) is 12.9 Å². The van der Waals surface area contributed by atoms with Gasteiger partial charge in [0.2, 0.25) is 6.29 Å². The molecule has 0 saturated heterocycles. The Balaban J connectivity index is 0. The zero-order chi connectivity index (χ0) is 10.9. The number of hydrogen-bond acceptors (Lipinski definition) is 5. The minimum Gasteiger partial charge on any atom is -0.456 e. The standard InChI is InChI=1S/C5H6O3.H2O4S/c1-2-3-8-5(7)4-6;1-5(2,3)4/h2,4H,1,3H2;(H2,1,2,3,4). The zero-order valence-corrected chi connectivity index (χ0v) is 7.23. The molecule has 76 valence electrons. The van der Waals surface area contributed by atoms with Crippen LogP contribution in [0.25, 0.3) is 0 Å². The van der Waals surface area contributed by atoms with E-state index >= 15 is 0 Å². The highest BCUT2D eigenvalue weighted by Gasteiger charge is 1.92. The summed E-state index contributed by atoms with van der Waals surface area (Å²) in [5, 5.41) is 0. The Morgan fingerprint density at radius 1 is 1.46 bits per heavy atom. The van der Waals surface area contributed by atoms with Crippen molar-refractivity contribution in [3.05, 3.63) is 12.7 Å². The average Bonchev–Trinajstić information content (AvgIpc) is 1.97. The summed E-state index contributed by atoms with van der Waals surface area (Å²) in [6.45, 7) is 3.37. The lowest BCUT2D eigenvalue weighted by Crippen LogP contribution is -2.04. The minimum atomic E-state index is -4.67. The highest BCUT2D eigenvalue weighted by molar-refractivity contribution is 7.79. The van der Waals surface area contributed by atoms with Crippen LogP contribution in [0, 0.1) is 0 Å². The van der Waals surface area contributed by atoms with E-state index < -0.39 is 16.4 Å². The quantitative estimate of drug-likeness (QED) is 0.208. The van der Waals surface area contributed by atoms with E-state index in [1.807, 2.05) is 0 Å². The second-order valence-corrected chi connectivity index (χ2v) is 2.38. The maximum Gasteiger partial charge on any atom is 0.394 e. The van der Waals surface area contributed by atoms with Crippen molar-refractivity contribution in [2.75, 3.05) is 6.61 Å². The topological polar surface area (TPSA) is 118 Å². The molecule has 0 aromatic heterocycles. The third-order valence-corrected chi connectivity index (χ3v) is 0.440. The number of carbonyl (C=O) groups excluding carboxylic acids is 2. The summed E-state index contributed by atoms with van der Waals surface area (Å²) in [4.78, 5) is 19.4. The van der Waals surface area contributed by atoms with Crippen LogP contribution in [0.4, 0.5) is 0 Å². The highest BCUT2D eigenvalue weighted by atomic mass is 32.3. The first-order valence-corrected chi connectivity index (χ1v) is 4.13. The number of hydrogen-bond donors (Lipinski definition) is 2. The number of ether oxygens (including phenoxy) is 1. The summed E-state index contributed by atoms with van der Waals surface area (Å²) >= 11 is 0. The minimum absolute atomic E-state index is 0.0948. The van der Waals surface area contributed by atoms with E-state index in [2.05, 4.69) is 11.3 Å². The summed E-state index contributed by atoms with van der Waals surface area (Å²) < 4.78 is 35.8. The fourth-order valence-electron chi connectivity index (χ4n) is 0.175. The molecular weight excluding hydrogens is 204 g/mol. The molecule has 0 aromatic carbocycles. The summed E-state index contributed by atoms with van der Waals surface area (Å²) in [6, 6.07) is 0. The van der Waals surface area contributed by atoms with E-state index in [0.717, 1.165) is 0 Å². The van der Waals surface area contributed by atoms with Crippen LogP contribution in [-0.2, 0) is 24.7 Å². The number of esters is 1. The van der Waals surface area contributed by atoms with Crippen LogP contribution in [0.3, 0.4) is 0 Å². The third-order valence-electron chi connectivity index (χ3n) is 0.440. The smallest absolute Gasteiger partial charge is 0.394 e. The van der Waals surface area contributed by atoms with Gasteiger partial charge in [-0.05, 0) is 0 Å². The van der Waals surface area contributed by atoms with Crippen LogP contribution in [0.2, 0.25) is 0 Å². The molecule has 0 aliphatic carbocycles. The molecule has 8 heteroatoms. The molecule has 0 heterocycles. The van der Waals surface area contributed by atoms with E-state index in [1.165, 1.54) is 6.08 Å². The molecule has 0 aliphatic heterocycles. The maximum absolute atomic E-state index is 9.93. The second kappa shape index (κ2) is 7.40. The molecule has 0 aliphatic rings. The predicted molar refractivity (Wildman–Crippen MR) is 41.4 cm³/mol. The van der Waals surface area contributed by atoms with Crippen LogP contribution < -0.4 is 0 Å². The van der Waals surface area contributed by atoms with Gasteiger partial charge in [-0.15, -0.1) is 0 Å². The normalized spacial score (nSPS) is 9.08. The van der Waals surface area contributed by atoms with Crippen LogP contribution >= 0.6 is 0 Å². The van der Waals surface area contributed by atoms with Crippen LogP contribution in [-0.4, -0.2) is 36.4 Å². The lowest BCUT2D eigenvalue weighted by Gasteiger charge is -1.90. The van der Waals surface area contributed by atoms with Gasteiger partial charge in [0.1, 0.15) is 6.61 Å². The van der Waals surface area contributed by atoms with Crippen molar-refractivity contribution in [1.82, 2.24) is 0 Å². The van der Waals surface area contributed by atoms with Crippen molar-refractivity contribution in [3.63, 3.8) is 0 Å². The lowest BCUT2D eigenvalue weighted by molar-refractivity contribution is -0.147. The molecule has 0 unspecified atom stereocenters. The molecule has 0 fully saturated rings. The van der Waals surface area contributed by atoms with Crippen molar-refractivity contribution in [2.45, 2.75) is 0 Å². The Morgan fingerprint density at radius 3 is 2.08 bits per heavy atom. The molecule has 0 saturated carbocycles. The highest BCUT2D eigenvalue weighted by Crippen LogP contribution is 1.72. The van der Waals surface area contributed by atoms with Gasteiger partial charge in [0.05, 0.1) is 0 Å². The molecule has 2 N–H and O–H groups in total. The Hall–Kier alpha value is -1.25. The van der Waals surface area contributed by atoms with Gasteiger partial charge in [-0.1, -0.05) is 12.7 Å². The Morgan fingerprint density at radius 2 is 1.85 bits per heavy atom. The molecule has 7 nitrogen and oxygen atoms in total. The van der Waals surface area contributed by atoms with Crippen molar-refractivity contribution in [3.8, 4) is 0 Å². The van der Waals surface area contributed by atoms with E-state index in [0.29, 0.717) is 0 Å². The predicted octanol–water partition coefficient (Wildman–Crippen LogP) is -0.738. The second-order valence-electron chi connectivity index (χ2n) is 1.48. The first-order valence-electron chi connectivity index (χ1n) is 2.74. The Labute approximate surface area is 74.6 Å². The average molecular weight is 212 g/mol. The van der Waals surface area contributed by atoms with Crippen LogP contribution in [0.1, 0.15) is 0 Å². The van der Waals surface area contributed by atoms with Gasteiger partial charge in [0.25, 0.3) is 0 Å². The van der Waals surface area contributed by atoms with Gasteiger partial charge >= 0.3 is 16.4 Å². The van der Waals surface area contributed by atoms with Gasteiger partial charge in [-0.25, -0.2) is 4.79 Å². The van der Waals surface area contributed by atoms with Gasteiger partial charge < -0.3 is 4.74 Å². The summed E-state index contributed by atoms with van der Waals surface area (Å²) in [5.41, 5.74) is 0. The fraction of sp³-hybridized carbons (Fsp3) is 0.200. The molecule has 0 amide bonds.